The van der Waals surface area contributed by atoms with Crippen LogP contribution in [-0.2, 0) is 46.2 Å². The number of phenolic OH excluding ortho intramolecular Hbond substituents is 1. The molecule has 52 heavy (non-hydrogen) atoms. The minimum absolute atomic E-state index is 0.00945. The van der Waals surface area contributed by atoms with Gasteiger partial charge in [-0.25, -0.2) is 5.43 Å². The van der Waals surface area contributed by atoms with Crippen LogP contribution < -0.4 is 20.8 Å². The van der Waals surface area contributed by atoms with Crippen LogP contribution in [0.25, 0.3) is 0 Å². The van der Waals surface area contributed by atoms with Gasteiger partial charge in [-0.3, -0.25) is 24.2 Å². The summed E-state index contributed by atoms with van der Waals surface area (Å²) in [5.41, 5.74) is 4.35. The maximum absolute atomic E-state index is 14.3. The van der Waals surface area contributed by atoms with Crippen molar-refractivity contribution in [3.8, 4) is 11.5 Å². The highest BCUT2D eigenvalue weighted by Gasteiger charge is 2.37. The molecule has 0 spiro atoms. The first-order valence-corrected chi connectivity index (χ1v) is 17.7. The lowest BCUT2D eigenvalue weighted by atomic mass is 9.87. The number of aromatic hydroxyl groups is 1. The highest BCUT2D eigenvalue weighted by atomic mass is 16.5. The minimum Gasteiger partial charge on any atom is -0.508 e. The molecule has 0 aromatic heterocycles. The number of nitrogens with one attached hydrogen (secondary N) is 3. The second kappa shape index (κ2) is 19.8. The second-order valence-corrected chi connectivity index (χ2v) is 13.2. The molecule has 0 aliphatic carbocycles. The average molecular weight is 721 g/mol. The molecule has 1 fully saturated rings. The molecule has 3 amide bonds. The number of benzene rings is 2. The Morgan fingerprint density at radius 3 is 2.31 bits per heavy atom. The number of hydrogen-bond acceptors (Lipinski definition) is 10. The van der Waals surface area contributed by atoms with Crippen molar-refractivity contribution in [1.82, 2.24) is 21.1 Å². The first-order valence-electron chi connectivity index (χ1n) is 17.7. The number of methoxy groups -OCH3 is 3. The largest absolute Gasteiger partial charge is 0.508 e. The zero-order chi connectivity index (χ0) is 37.6. The molecule has 13 heteroatoms. The smallest absolute Gasteiger partial charge is 0.324 e. The highest BCUT2D eigenvalue weighted by Crippen LogP contribution is 2.24. The summed E-state index contributed by atoms with van der Waals surface area (Å²) in [4.78, 5) is 55.4. The molecule has 1 saturated heterocycles. The number of carbonyl (C=O) groups is 4. The van der Waals surface area contributed by atoms with Crippen LogP contribution >= 0.6 is 0 Å². The summed E-state index contributed by atoms with van der Waals surface area (Å²) in [6.07, 6.45) is 8.07. The van der Waals surface area contributed by atoms with Crippen LogP contribution in [0, 0.1) is 11.8 Å². The number of hydrogen-bond donors (Lipinski definition) is 4. The van der Waals surface area contributed by atoms with Crippen LogP contribution in [0.15, 0.2) is 72.8 Å². The highest BCUT2D eigenvalue weighted by molar-refractivity contribution is 5.93. The molecule has 2 aromatic carbocycles. The van der Waals surface area contributed by atoms with Gasteiger partial charge < -0.3 is 34.7 Å². The predicted octanol–water partition coefficient (Wildman–Crippen LogP) is 3.01. The Bertz CT molecular complexity index is 1560. The van der Waals surface area contributed by atoms with E-state index in [1.807, 2.05) is 31.2 Å². The zero-order valence-electron chi connectivity index (χ0n) is 30.6. The summed E-state index contributed by atoms with van der Waals surface area (Å²) >= 11 is 0. The zero-order valence-corrected chi connectivity index (χ0v) is 30.6. The number of allylic oxidation sites excluding steroid dienone is 2. The van der Waals surface area contributed by atoms with Crippen molar-refractivity contribution < 1.29 is 43.2 Å². The third-order valence-corrected chi connectivity index (χ3v) is 9.50. The summed E-state index contributed by atoms with van der Waals surface area (Å²) in [5.74, 6) is -2.27. The summed E-state index contributed by atoms with van der Waals surface area (Å²) < 4.78 is 22.4. The molecule has 4 N–H and O–H groups in total. The van der Waals surface area contributed by atoms with E-state index in [9.17, 15) is 24.3 Å². The van der Waals surface area contributed by atoms with Gasteiger partial charge in [0.15, 0.2) is 0 Å². The van der Waals surface area contributed by atoms with Crippen molar-refractivity contribution in [3.05, 3.63) is 84.0 Å². The van der Waals surface area contributed by atoms with Crippen LogP contribution in [0.3, 0.4) is 0 Å². The van der Waals surface area contributed by atoms with Gasteiger partial charge in [0, 0.05) is 39.5 Å². The molecule has 0 unspecified atom stereocenters. The lowest BCUT2D eigenvalue weighted by Crippen LogP contribution is -2.62. The van der Waals surface area contributed by atoms with Crippen LogP contribution in [-0.4, -0.2) is 98.6 Å². The number of rotatable bonds is 7. The van der Waals surface area contributed by atoms with E-state index in [-0.39, 0.29) is 31.1 Å². The predicted molar refractivity (Wildman–Crippen MR) is 194 cm³/mol. The summed E-state index contributed by atoms with van der Waals surface area (Å²) in [5, 5.41) is 17.3. The number of phenols is 1. The van der Waals surface area contributed by atoms with Gasteiger partial charge in [0.1, 0.15) is 29.6 Å². The Morgan fingerprint density at radius 1 is 0.885 bits per heavy atom. The van der Waals surface area contributed by atoms with Gasteiger partial charge in [-0.15, -0.1) is 0 Å². The molecule has 13 nitrogen and oxygen atoms in total. The Morgan fingerprint density at radius 2 is 1.62 bits per heavy atom. The summed E-state index contributed by atoms with van der Waals surface area (Å²) in [7, 11) is 4.67. The fraction of sp³-hybridized carbons (Fsp3) is 0.487. The third kappa shape index (κ3) is 11.1. The fourth-order valence-corrected chi connectivity index (χ4v) is 6.56. The van der Waals surface area contributed by atoms with Crippen molar-refractivity contribution in [2.75, 3.05) is 34.5 Å². The number of fused-ring (bicyclic) bond motifs is 2. The topological polar surface area (TPSA) is 165 Å². The van der Waals surface area contributed by atoms with Gasteiger partial charge in [-0.1, -0.05) is 62.4 Å². The third-order valence-electron chi connectivity index (χ3n) is 9.50. The van der Waals surface area contributed by atoms with E-state index >= 15 is 0 Å². The standard InChI is InChI=1S/C39H52N4O9/c1-25-34(50-4)15-8-6-7-9-21-52-39(48)31-14-11-20-43(42-31)38(47)33(24-28-12-10-13-29(44)22-28)41-37(46)32(40-36(45)26(2)35(25)51-5)23-27-16-18-30(49-3)19-17-27/h6-8,10,12-13,15-19,22,25-26,31-35,42,44H,9,11,14,20-21,23-24H2,1-5H3,(H,40,45)(H,41,46)/b7-6-,15-8-/t25-,26+,31-,32-,33-,34-,35+/m0/s1. The number of hydrazine groups is 1. The quantitative estimate of drug-likeness (QED) is 0.313. The fourth-order valence-electron chi connectivity index (χ4n) is 6.56. The van der Waals surface area contributed by atoms with Gasteiger partial charge in [0.2, 0.25) is 11.8 Å². The molecule has 2 aromatic rings. The first-order chi connectivity index (χ1) is 25.0. The lowest BCUT2D eigenvalue weighted by Gasteiger charge is -2.35. The van der Waals surface area contributed by atoms with Crippen molar-refractivity contribution in [2.45, 2.75) is 76.3 Å². The Hall–Kier alpha value is -4.72. The maximum atomic E-state index is 14.3. The molecule has 7 atom stereocenters. The van der Waals surface area contributed by atoms with E-state index in [0.717, 1.165) is 5.56 Å². The second-order valence-electron chi connectivity index (χ2n) is 13.2. The summed E-state index contributed by atoms with van der Waals surface area (Å²) in [6, 6.07) is 10.6. The number of amides is 3. The van der Waals surface area contributed by atoms with E-state index < -0.39 is 59.9 Å². The van der Waals surface area contributed by atoms with E-state index in [2.05, 4.69) is 16.1 Å². The monoisotopic (exact) mass is 720 g/mol. The molecular formula is C39H52N4O9. The van der Waals surface area contributed by atoms with Crippen LogP contribution in [0.4, 0.5) is 0 Å². The molecule has 4 rings (SSSR count). The van der Waals surface area contributed by atoms with Crippen LogP contribution in [0.5, 0.6) is 11.5 Å². The van der Waals surface area contributed by atoms with Crippen molar-refractivity contribution in [2.24, 2.45) is 11.8 Å². The number of nitrogens with zero attached hydrogens (tertiary/aromatic N) is 1. The van der Waals surface area contributed by atoms with Gasteiger partial charge in [0.25, 0.3) is 5.91 Å². The van der Waals surface area contributed by atoms with Crippen molar-refractivity contribution in [3.63, 3.8) is 0 Å². The molecule has 2 heterocycles. The average Bonchev–Trinajstić information content (AvgIpc) is 3.15. The Labute approximate surface area is 305 Å². The summed E-state index contributed by atoms with van der Waals surface area (Å²) in [6.45, 7) is 4.12. The Kier molecular flexibility index (Phi) is 15.2. The van der Waals surface area contributed by atoms with Gasteiger partial charge in [-0.05, 0) is 54.7 Å². The first kappa shape index (κ1) is 40.1. The maximum Gasteiger partial charge on any atom is 0.324 e. The SMILES string of the molecule is COc1ccc(C[C@@H]2NC(=O)[C@H](C)[C@H](OC)[C@@H](C)[C@@H](OC)/C=C\C=C/CCOC(=O)[C@@H]3CCCN(N3)C(=O)[C@H](Cc3cccc(O)c3)NC2=O)cc1. The van der Waals surface area contributed by atoms with E-state index in [0.29, 0.717) is 37.1 Å². The van der Waals surface area contributed by atoms with E-state index in [1.165, 1.54) is 24.3 Å². The molecule has 0 saturated carbocycles. The molecule has 0 radical (unpaired) electrons. The van der Waals surface area contributed by atoms with Crippen molar-refractivity contribution >= 4 is 23.7 Å². The van der Waals surface area contributed by atoms with Gasteiger partial charge in [0.05, 0.1) is 31.8 Å². The van der Waals surface area contributed by atoms with E-state index in [4.69, 9.17) is 18.9 Å². The van der Waals surface area contributed by atoms with Crippen LogP contribution in [0.1, 0.15) is 44.2 Å². The normalized spacial score (nSPS) is 28.3. The van der Waals surface area contributed by atoms with Gasteiger partial charge >= 0.3 is 5.97 Å². The number of carbonyl (C=O) groups excluding carboxylic acids is 4. The molecule has 2 aliphatic heterocycles. The molecule has 282 valence electrons. The molecular weight excluding hydrogens is 668 g/mol. The van der Waals surface area contributed by atoms with Crippen molar-refractivity contribution in [1.29, 1.82) is 0 Å². The minimum atomic E-state index is -1.12. The number of cyclic esters (lactones) is 1. The lowest BCUT2D eigenvalue weighted by molar-refractivity contribution is -0.153. The molecule has 2 bridgehead atoms. The van der Waals surface area contributed by atoms with Crippen LogP contribution in [0.2, 0.25) is 0 Å². The number of esters is 1. The Balaban J connectivity index is 1.71. The van der Waals surface area contributed by atoms with Gasteiger partial charge in [-0.2, -0.15) is 0 Å². The van der Waals surface area contributed by atoms with E-state index in [1.54, 1.807) is 57.5 Å². The molecule has 2 aliphatic rings. The number of ether oxygens (including phenoxy) is 4.